The van der Waals surface area contributed by atoms with Crippen LogP contribution in [0.1, 0.15) is 51.3 Å². The van der Waals surface area contributed by atoms with Gasteiger partial charge >= 0.3 is 0 Å². The zero-order valence-corrected chi connectivity index (χ0v) is 13.1. The van der Waals surface area contributed by atoms with Gasteiger partial charge in [-0.25, -0.2) is 0 Å². The fraction of sp³-hybridized carbons (Fsp3) is 0.643. The second-order valence-corrected chi connectivity index (χ2v) is 8.19. The van der Waals surface area contributed by atoms with E-state index in [1.807, 2.05) is 23.1 Å². The Morgan fingerprint density at radius 1 is 0.875 bits per heavy atom. The maximum absolute atomic E-state index is 2.34. The minimum Gasteiger partial charge on any atom is -0.129 e. The fourth-order valence-corrected chi connectivity index (χ4v) is 3.18. The van der Waals surface area contributed by atoms with Crippen LogP contribution in [0.2, 0.25) is 0 Å². The van der Waals surface area contributed by atoms with Crippen LogP contribution in [0.5, 0.6) is 0 Å². The third kappa shape index (κ3) is 3.46. The molecule has 1 rings (SSSR count). The van der Waals surface area contributed by atoms with Gasteiger partial charge in [0.2, 0.25) is 21.1 Å². The molecular weight excluding hydrogens is 232 g/mol. The molecule has 16 heavy (non-hydrogen) atoms. The van der Waals surface area contributed by atoms with Gasteiger partial charge in [0.25, 0.3) is 0 Å². The van der Waals surface area contributed by atoms with E-state index in [1.165, 1.54) is 14.6 Å². The monoisotopic (exact) mass is 255 g/mol. The van der Waals surface area contributed by atoms with Crippen molar-refractivity contribution in [2.75, 3.05) is 6.26 Å². The summed E-state index contributed by atoms with van der Waals surface area (Å²) in [7, 11) is 0. The van der Waals surface area contributed by atoms with Gasteiger partial charge in [-0.3, -0.25) is 0 Å². The maximum atomic E-state index is 2.34. The zero-order valence-electron chi connectivity index (χ0n) is 11.5. The average Bonchev–Trinajstić information content (AvgIpc) is 2.14. The highest BCUT2D eigenvalue weighted by atomic mass is 32.2. The largest absolute Gasteiger partial charge is 0.219 e. The molecule has 0 radical (unpaired) electrons. The second-order valence-electron chi connectivity index (χ2n) is 6.23. The molecule has 0 bridgehead atoms. The van der Waals surface area contributed by atoms with E-state index in [0.717, 1.165) is 0 Å². The smallest absolute Gasteiger partial charge is 0.129 e. The molecule has 0 aliphatic heterocycles. The Morgan fingerprint density at radius 2 is 1.25 bits per heavy atom. The maximum Gasteiger partial charge on any atom is 0.219 e. The second kappa shape index (κ2) is 4.66. The van der Waals surface area contributed by atoms with Gasteiger partial charge in [-0.2, -0.15) is 0 Å². The van der Waals surface area contributed by atoms with Crippen molar-refractivity contribution in [2.24, 2.45) is 0 Å². The Bertz CT molecular complexity index is 335. The van der Waals surface area contributed by atoms with Crippen molar-refractivity contribution in [3.63, 3.8) is 0 Å². The molecule has 0 spiro atoms. The van der Waals surface area contributed by atoms with Gasteiger partial charge in [-0.15, -0.1) is 11.8 Å². The van der Waals surface area contributed by atoms with Crippen LogP contribution >= 0.6 is 23.1 Å². The summed E-state index contributed by atoms with van der Waals surface area (Å²) in [5, 5.41) is 0. The standard InChI is InChI=1S/C14H23S2/c1-13(2,3)11-8-10(15-7)9-12(16-11)14(4,5)6/h8-9H,1-7H3/q+1. The molecule has 0 aromatic carbocycles. The van der Waals surface area contributed by atoms with E-state index in [1.54, 1.807) is 0 Å². The lowest BCUT2D eigenvalue weighted by Crippen LogP contribution is -2.14. The molecule has 1 aromatic rings. The Balaban J connectivity index is 3.33. The van der Waals surface area contributed by atoms with E-state index in [0.29, 0.717) is 0 Å². The molecule has 90 valence electrons. The van der Waals surface area contributed by atoms with Crippen LogP contribution in [0.3, 0.4) is 0 Å². The first-order valence-corrected chi connectivity index (χ1v) is 7.72. The minimum atomic E-state index is 0.246. The summed E-state index contributed by atoms with van der Waals surface area (Å²) in [5.41, 5.74) is 0.493. The Labute approximate surface area is 108 Å². The molecule has 0 aliphatic carbocycles. The van der Waals surface area contributed by atoms with Gasteiger partial charge in [0, 0.05) is 27.9 Å². The van der Waals surface area contributed by atoms with E-state index in [9.17, 15) is 0 Å². The lowest BCUT2D eigenvalue weighted by Gasteiger charge is -2.15. The van der Waals surface area contributed by atoms with Gasteiger partial charge in [0.15, 0.2) is 0 Å². The molecule has 0 amide bonds. The molecule has 0 atom stereocenters. The average molecular weight is 255 g/mol. The summed E-state index contributed by atoms with van der Waals surface area (Å²) in [6, 6.07) is 4.68. The van der Waals surface area contributed by atoms with Crippen LogP contribution in [0.4, 0.5) is 0 Å². The first-order valence-electron chi connectivity index (χ1n) is 5.68. The highest BCUT2D eigenvalue weighted by molar-refractivity contribution is 7.98. The van der Waals surface area contributed by atoms with E-state index in [2.05, 4.69) is 59.9 Å². The predicted molar refractivity (Wildman–Crippen MR) is 77.9 cm³/mol. The third-order valence-corrected chi connectivity index (χ3v) is 5.09. The van der Waals surface area contributed by atoms with Crippen molar-refractivity contribution in [3.05, 3.63) is 21.9 Å². The van der Waals surface area contributed by atoms with Crippen LogP contribution in [0.15, 0.2) is 17.0 Å². The molecule has 2 heteroatoms. The quantitative estimate of drug-likeness (QED) is 0.482. The van der Waals surface area contributed by atoms with Gasteiger partial charge in [-0.05, 0) is 6.26 Å². The highest BCUT2D eigenvalue weighted by Gasteiger charge is 2.31. The molecule has 0 N–H and O–H groups in total. The van der Waals surface area contributed by atoms with E-state index in [-0.39, 0.29) is 10.8 Å². The lowest BCUT2D eigenvalue weighted by molar-refractivity contribution is 0.590. The van der Waals surface area contributed by atoms with Crippen LogP contribution in [0, 0.1) is 0 Å². The summed E-state index contributed by atoms with van der Waals surface area (Å²) in [5.74, 6) is 0. The Kier molecular flexibility index (Phi) is 4.07. The normalized spacial score (nSPS) is 12.9. The molecule has 0 fully saturated rings. The number of thioether (sulfide) groups is 1. The van der Waals surface area contributed by atoms with Gasteiger partial charge < -0.3 is 0 Å². The van der Waals surface area contributed by atoms with Gasteiger partial charge in [0.05, 0.1) is 0 Å². The molecule has 0 aliphatic rings. The summed E-state index contributed by atoms with van der Waals surface area (Å²) < 4.78 is 0. The third-order valence-electron chi connectivity index (χ3n) is 2.48. The first kappa shape index (κ1) is 14.0. The van der Waals surface area contributed by atoms with E-state index in [4.69, 9.17) is 0 Å². The van der Waals surface area contributed by atoms with Crippen molar-refractivity contribution in [1.82, 2.24) is 0 Å². The topological polar surface area (TPSA) is 0 Å². The number of hydrogen-bond donors (Lipinski definition) is 0. The predicted octanol–water partition coefficient (Wildman–Crippen LogP) is 5.35. The number of rotatable bonds is 1. The van der Waals surface area contributed by atoms with Crippen molar-refractivity contribution >= 4 is 23.1 Å². The Hall–Kier alpha value is -0.0800. The molecule has 0 saturated heterocycles. The van der Waals surface area contributed by atoms with Crippen LogP contribution in [-0.4, -0.2) is 6.26 Å². The lowest BCUT2D eigenvalue weighted by atomic mass is 9.93. The molecule has 1 aromatic heterocycles. The van der Waals surface area contributed by atoms with Crippen molar-refractivity contribution in [2.45, 2.75) is 57.3 Å². The molecule has 0 unspecified atom stereocenters. The van der Waals surface area contributed by atoms with Crippen molar-refractivity contribution < 1.29 is 0 Å². The van der Waals surface area contributed by atoms with E-state index < -0.39 is 0 Å². The van der Waals surface area contributed by atoms with Gasteiger partial charge in [0.1, 0.15) is 0 Å². The summed E-state index contributed by atoms with van der Waals surface area (Å²) in [6.07, 6.45) is 2.15. The summed E-state index contributed by atoms with van der Waals surface area (Å²) in [4.78, 5) is 4.34. The van der Waals surface area contributed by atoms with Crippen LogP contribution < -0.4 is 0 Å². The summed E-state index contributed by atoms with van der Waals surface area (Å²) >= 11 is 3.79. The van der Waals surface area contributed by atoms with Gasteiger partial charge in [-0.1, -0.05) is 41.5 Å². The highest BCUT2D eigenvalue weighted by Crippen LogP contribution is 2.37. The first-order chi connectivity index (χ1) is 7.14. The fourth-order valence-electron chi connectivity index (χ4n) is 1.33. The molecule has 0 saturated carbocycles. The SMILES string of the molecule is CSc1cc(C(C)(C)C)[s+]c(C(C)(C)C)c1. The van der Waals surface area contributed by atoms with Crippen molar-refractivity contribution in [1.29, 1.82) is 0 Å². The molecule has 0 nitrogen and oxygen atoms in total. The minimum absolute atomic E-state index is 0.246. The van der Waals surface area contributed by atoms with E-state index >= 15 is 0 Å². The molecular formula is C14H23S2+. The van der Waals surface area contributed by atoms with Crippen LogP contribution in [-0.2, 0) is 10.8 Å². The Morgan fingerprint density at radius 3 is 1.50 bits per heavy atom. The number of hydrogen-bond acceptors (Lipinski definition) is 1. The van der Waals surface area contributed by atoms with Crippen molar-refractivity contribution in [3.8, 4) is 0 Å². The zero-order chi connectivity index (χ0) is 12.6. The van der Waals surface area contributed by atoms with Crippen LogP contribution in [0.25, 0.3) is 0 Å². The summed E-state index contributed by atoms with van der Waals surface area (Å²) in [6.45, 7) is 13.7. The molecule has 1 heterocycles.